The van der Waals surface area contributed by atoms with Crippen LogP contribution in [0.4, 0.5) is 11.6 Å². The SMILES string of the molecule is CCNC(=O)c1cccc(NC(=O)C2CCN(c3oc(-c4ccco4)nc3C#N)CC2)c1. The molecule has 32 heavy (non-hydrogen) atoms. The summed E-state index contributed by atoms with van der Waals surface area (Å²) in [6, 6.07) is 12.4. The summed E-state index contributed by atoms with van der Waals surface area (Å²) >= 11 is 0. The predicted molar refractivity (Wildman–Crippen MR) is 117 cm³/mol. The lowest BCUT2D eigenvalue weighted by molar-refractivity contribution is -0.120. The van der Waals surface area contributed by atoms with Crippen molar-refractivity contribution in [1.82, 2.24) is 10.3 Å². The van der Waals surface area contributed by atoms with E-state index >= 15 is 0 Å². The van der Waals surface area contributed by atoms with Crippen LogP contribution < -0.4 is 15.5 Å². The number of amides is 2. The lowest BCUT2D eigenvalue weighted by atomic mass is 9.95. The Labute approximate surface area is 185 Å². The van der Waals surface area contributed by atoms with Crippen molar-refractivity contribution in [2.75, 3.05) is 29.9 Å². The number of nitrogens with zero attached hydrogens (tertiary/aromatic N) is 3. The first-order chi connectivity index (χ1) is 15.6. The minimum Gasteiger partial charge on any atom is -0.459 e. The molecule has 1 aliphatic heterocycles. The molecule has 0 radical (unpaired) electrons. The number of oxazole rings is 1. The Bertz CT molecular complexity index is 1140. The zero-order valence-corrected chi connectivity index (χ0v) is 17.6. The zero-order chi connectivity index (χ0) is 22.5. The van der Waals surface area contributed by atoms with E-state index in [4.69, 9.17) is 8.83 Å². The summed E-state index contributed by atoms with van der Waals surface area (Å²) in [5.41, 5.74) is 1.29. The molecule has 1 fully saturated rings. The number of hydrogen-bond donors (Lipinski definition) is 2. The van der Waals surface area contributed by atoms with Gasteiger partial charge in [-0.3, -0.25) is 9.59 Å². The van der Waals surface area contributed by atoms with E-state index < -0.39 is 0 Å². The van der Waals surface area contributed by atoms with Crippen molar-refractivity contribution in [3.63, 3.8) is 0 Å². The van der Waals surface area contributed by atoms with Crippen LogP contribution in [0.3, 0.4) is 0 Å². The van der Waals surface area contributed by atoms with Crippen molar-refractivity contribution >= 4 is 23.4 Å². The van der Waals surface area contributed by atoms with E-state index in [1.54, 1.807) is 36.4 Å². The number of aromatic nitrogens is 1. The van der Waals surface area contributed by atoms with E-state index in [9.17, 15) is 14.9 Å². The average molecular weight is 433 g/mol. The number of carbonyl (C=O) groups excluding carboxylic acids is 2. The molecule has 4 rings (SSSR count). The molecule has 3 aromatic rings. The highest BCUT2D eigenvalue weighted by molar-refractivity contribution is 5.97. The average Bonchev–Trinajstić information content (AvgIpc) is 3.49. The quantitative estimate of drug-likeness (QED) is 0.610. The van der Waals surface area contributed by atoms with E-state index in [2.05, 4.69) is 21.7 Å². The lowest BCUT2D eigenvalue weighted by Gasteiger charge is -2.31. The molecule has 2 N–H and O–H groups in total. The fraction of sp³-hybridized carbons (Fsp3) is 0.304. The highest BCUT2D eigenvalue weighted by atomic mass is 16.4. The molecule has 3 heterocycles. The van der Waals surface area contributed by atoms with Crippen LogP contribution in [0, 0.1) is 17.2 Å². The van der Waals surface area contributed by atoms with Gasteiger partial charge in [-0.15, -0.1) is 0 Å². The minimum absolute atomic E-state index is 0.0907. The Morgan fingerprint density at radius 1 is 1.25 bits per heavy atom. The minimum atomic E-state index is -0.183. The molecule has 0 aliphatic carbocycles. The molecule has 0 atom stereocenters. The van der Waals surface area contributed by atoms with Gasteiger partial charge in [0, 0.05) is 36.8 Å². The topological polar surface area (TPSA) is 124 Å². The molecule has 2 amide bonds. The van der Waals surface area contributed by atoms with Crippen LogP contribution in [0.25, 0.3) is 11.7 Å². The molecule has 1 aliphatic rings. The molecule has 1 saturated heterocycles. The molecule has 9 heteroatoms. The van der Waals surface area contributed by atoms with Crippen LogP contribution in [0.2, 0.25) is 0 Å². The highest BCUT2D eigenvalue weighted by Gasteiger charge is 2.29. The second-order valence-corrected chi connectivity index (χ2v) is 7.45. The van der Waals surface area contributed by atoms with Crippen LogP contribution in [-0.2, 0) is 4.79 Å². The first-order valence-electron chi connectivity index (χ1n) is 10.5. The zero-order valence-electron chi connectivity index (χ0n) is 17.6. The summed E-state index contributed by atoms with van der Waals surface area (Å²) in [7, 11) is 0. The van der Waals surface area contributed by atoms with E-state index in [-0.39, 0.29) is 29.3 Å². The number of carbonyl (C=O) groups is 2. The predicted octanol–water partition coefficient (Wildman–Crippen LogP) is 3.41. The van der Waals surface area contributed by atoms with Gasteiger partial charge in [-0.25, -0.2) is 0 Å². The molecular formula is C23H23N5O4. The van der Waals surface area contributed by atoms with Crippen LogP contribution >= 0.6 is 0 Å². The first-order valence-corrected chi connectivity index (χ1v) is 10.5. The smallest absolute Gasteiger partial charge is 0.266 e. The molecule has 9 nitrogen and oxygen atoms in total. The van der Waals surface area contributed by atoms with Crippen LogP contribution in [0.15, 0.2) is 51.5 Å². The van der Waals surface area contributed by atoms with Crippen molar-refractivity contribution in [1.29, 1.82) is 5.26 Å². The third-order valence-corrected chi connectivity index (χ3v) is 5.33. The number of nitrogens with one attached hydrogen (secondary N) is 2. The fourth-order valence-electron chi connectivity index (χ4n) is 3.69. The Morgan fingerprint density at radius 3 is 2.75 bits per heavy atom. The van der Waals surface area contributed by atoms with Crippen LogP contribution in [0.1, 0.15) is 35.8 Å². The fourth-order valence-corrected chi connectivity index (χ4v) is 3.69. The number of nitriles is 1. The van der Waals surface area contributed by atoms with Gasteiger partial charge in [-0.1, -0.05) is 6.07 Å². The molecule has 2 aromatic heterocycles. The Hall–Kier alpha value is -4.06. The molecule has 164 valence electrons. The number of hydrogen-bond acceptors (Lipinski definition) is 7. The summed E-state index contributed by atoms with van der Waals surface area (Å²) < 4.78 is 11.1. The van der Waals surface area contributed by atoms with Crippen molar-refractivity contribution in [3.05, 3.63) is 53.9 Å². The van der Waals surface area contributed by atoms with E-state index in [1.807, 2.05) is 11.8 Å². The van der Waals surface area contributed by atoms with E-state index in [0.29, 0.717) is 55.4 Å². The van der Waals surface area contributed by atoms with Gasteiger partial charge in [0.1, 0.15) is 6.07 Å². The number of furan rings is 1. The van der Waals surface area contributed by atoms with E-state index in [1.165, 1.54) is 6.26 Å². The van der Waals surface area contributed by atoms with E-state index in [0.717, 1.165) is 0 Å². The van der Waals surface area contributed by atoms with Gasteiger partial charge in [0.25, 0.3) is 11.8 Å². The van der Waals surface area contributed by atoms with Gasteiger partial charge in [-0.05, 0) is 50.1 Å². The summed E-state index contributed by atoms with van der Waals surface area (Å²) in [4.78, 5) is 30.9. The van der Waals surface area contributed by atoms with Crippen molar-refractivity contribution in [2.24, 2.45) is 5.92 Å². The van der Waals surface area contributed by atoms with Crippen LogP contribution in [-0.4, -0.2) is 36.4 Å². The molecule has 0 bridgehead atoms. The third-order valence-electron chi connectivity index (χ3n) is 5.33. The standard InChI is InChI=1S/C23H23N5O4/c1-2-25-20(29)16-5-3-6-17(13-16)26-21(30)15-8-10-28(11-9-15)23-18(14-24)27-22(32-23)19-7-4-12-31-19/h3-7,12-13,15H,2,8-11H2,1H3,(H,25,29)(H,26,30). The normalized spacial score (nSPS) is 14.1. The summed E-state index contributed by atoms with van der Waals surface area (Å²) in [6.07, 6.45) is 2.72. The Morgan fingerprint density at radius 2 is 2.06 bits per heavy atom. The Kier molecular flexibility index (Phi) is 6.22. The summed E-state index contributed by atoms with van der Waals surface area (Å²) in [5, 5.41) is 15.1. The van der Waals surface area contributed by atoms with Crippen molar-refractivity contribution < 1.29 is 18.4 Å². The molecule has 0 saturated carbocycles. The molecule has 0 unspecified atom stereocenters. The molecule has 0 spiro atoms. The lowest BCUT2D eigenvalue weighted by Crippen LogP contribution is -2.38. The molecule has 1 aromatic carbocycles. The van der Waals surface area contributed by atoms with Crippen molar-refractivity contribution in [2.45, 2.75) is 19.8 Å². The maximum Gasteiger partial charge on any atom is 0.266 e. The first kappa shape index (κ1) is 21.2. The van der Waals surface area contributed by atoms with Gasteiger partial charge in [0.05, 0.1) is 6.26 Å². The largest absolute Gasteiger partial charge is 0.459 e. The van der Waals surface area contributed by atoms with Gasteiger partial charge in [-0.2, -0.15) is 10.2 Å². The Balaban J connectivity index is 1.38. The second-order valence-electron chi connectivity index (χ2n) is 7.45. The maximum absolute atomic E-state index is 12.8. The monoisotopic (exact) mass is 433 g/mol. The van der Waals surface area contributed by atoms with Crippen LogP contribution in [0.5, 0.6) is 0 Å². The van der Waals surface area contributed by atoms with Gasteiger partial charge in [0.15, 0.2) is 5.76 Å². The number of anilines is 2. The number of benzene rings is 1. The third kappa shape index (κ3) is 4.49. The van der Waals surface area contributed by atoms with Crippen molar-refractivity contribution in [3.8, 4) is 17.7 Å². The second kappa shape index (κ2) is 9.39. The summed E-state index contributed by atoms with van der Waals surface area (Å²) in [6.45, 7) is 3.50. The summed E-state index contributed by atoms with van der Waals surface area (Å²) in [5.74, 6) is 0.660. The van der Waals surface area contributed by atoms with Gasteiger partial charge in [0.2, 0.25) is 17.5 Å². The van der Waals surface area contributed by atoms with Gasteiger partial charge < -0.3 is 24.4 Å². The number of piperidine rings is 1. The molecular weight excluding hydrogens is 410 g/mol. The maximum atomic E-state index is 12.8. The van der Waals surface area contributed by atoms with Gasteiger partial charge >= 0.3 is 0 Å². The highest BCUT2D eigenvalue weighted by Crippen LogP contribution is 2.31. The number of rotatable bonds is 6.